The van der Waals surface area contributed by atoms with Crippen molar-refractivity contribution in [3.05, 3.63) is 23.8 Å². The van der Waals surface area contributed by atoms with Crippen LogP contribution in [0.15, 0.2) is 12.4 Å². The van der Waals surface area contributed by atoms with Crippen LogP contribution in [-0.2, 0) is 4.79 Å². The lowest BCUT2D eigenvalue weighted by Crippen LogP contribution is -2.58. The van der Waals surface area contributed by atoms with E-state index in [0.29, 0.717) is 31.0 Å². The zero-order valence-corrected chi connectivity index (χ0v) is 12.9. The highest BCUT2D eigenvalue weighted by atomic mass is 16.2. The Morgan fingerprint density at radius 3 is 2.43 bits per heavy atom. The zero-order chi connectivity index (χ0) is 15.6. The number of piperazine rings is 1. The fraction of sp³-hybridized carbons (Fsp3) is 0.571. The van der Waals surface area contributed by atoms with Crippen molar-refractivity contribution in [2.75, 3.05) is 40.8 Å². The van der Waals surface area contributed by atoms with E-state index in [2.05, 4.69) is 9.97 Å². The van der Waals surface area contributed by atoms with Gasteiger partial charge in [0.05, 0.1) is 5.56 Å². The second-order valence-corrected chi connectivity index (χ2v) is 5.50. The fourth-order valence-electron chi connectivity index (χ4n) is 2.31. The Morgan fingerprint density at radius 1 is 1.24 bits per heavy atom. The van der Waals surface area contributed by atoms with E-state index in [0.717, 1.165) is 0 Å². The molecule has 1 aromatic heterocycles. The first-order valence-corrected chi connectivity index (χ1v) is 6.89. The molecular weight excluding hydrogens is 270 g/mol. The molecule has 0 radical (unpaired) electrons. The summed E-state index contributed by atoms with van der Waals surface area (Å²) in [6, 6.07) is -0.302. The van der Waals surface area contributed by atoms with Gasteiger partial charge in [-0.2, -0.15) is 0 Å². The number of aryl methyl sites for hydroxylation is 1. The molecule has 0 N–H and O–H groups in total. The number of carbonyl (C=O) groups excluding carboxylic acids is 2. The Labute approximate surface area is 124 Å². The van der Waals surface area contributed by atoms with Crippen molar-refractivity contribution in [2.45, 2.75) is 13.0 Å². The minimum Gasteiger partial charge on any atom is -0.347 e. The normalized spacial score (nSPS) is 19.4. The largest absolute Gasteiger partial charge is 0.347 e. The van der Waals surface area contributed by atoms with Gasteiger partial charge in [-0.1, -0.05) is 0 Å². The van der Waals surface area contributed by atoms with Crippen molar-refractivity contribution in [3.63, 3.8) is 0 Å². The van der Waals surface area contributed by atoms with Crippen LogP contribution in [0.5, 0.6) is 0 Å². The molecule has 114 valence electrons. The average Bonchev–Trinajstić information content (AvgIpc) is 2.47. The van der Waals surface area contributed by atoms with Crippen LogP contribution in [0.1, 0.15) is 16.2 Å². The van der Waals surface area contributed by atoms with Crippen LogP contribution in [0.4, 0.5) is 0 Å². The van der Waals surface area contributed by atoms with Gasteiger partial charge in [-0.05, 0) is 14.0 Å². The molecule has 1 atom stereocenters. The van der Waals surface area contributed by atoms with Crippen molar-refractivity contribution >= 4 is 11.8 Å². The smallest absolute Gasteiger partial charge is 0.257 e. The fourth-order valence-corrected chi connectivity index (χ4v) is 2.31. The van der Waals surface area contributed by atoms with Gasteiger partial charge in [-0.15, -0.1) is 0 Å². The van der Waals surface area contributed by atoms with Crippen LogP contribution in [0.25, 0.3) is 0 Å². The Bertz CT molecular complexity index is 529. The molecule has 1 saturated heterocycles. The third-order valence-electron chi connectivity index (χ3n) is 3.69. The van der Waals surface area contributed by atoms with E-state index in [1.54, 1.807) is 30.8 Å². The van der Waals surface area contributed by atoms with Crippen LogP contribution in [0, 0.1) is 6.92 Å². The van der Waals surface area contributed by atoms with E-state index in [-0.39, 0.29) is 17.9 Å². The predicted molar refractivity (Wildman–Crippen MR) is 77.8 cm³/mol. The summed E-state index contributed by atoms with van der Waals surface area (Å²) < 4.78 is 0. The third-order valence-corrected chi connectivity index (χ3v) is 3.69. The topological polar surface area (TPSA) is 69.6 Å². The maximum absolute atomic E-state index is 12.5. The Hall–Kier alpha value is -2.02. The molecule has 7 nitrogen and oxygen atoms in total. The van der Waals surface area contributed by atoms with Crippen molar-refractivity contribution < 1.29 is 9.59 Å². The van der Waals surface area contributed by atoms with Gasteiger partial charge >= 0.3 is 0 Å². The molecular formula is C14H21N5O2. The van der Waals surface area contributed by atoms with Gasteiger partial charge in [0, 0.05) is 46.1 Å². The second-order valence-electron chi connectivity index (χ2n) is 5.50. The molecule has 0 spiro atoms. The highest BCUT2D eigenvalue weighted by Gasteiger charge is 2.33. The summed E-state index contributed by atoms with van der Waals surface area (Å²) in [7, 11) is 5.36. The lowest BCUT2D eigenvalue weighted by molar-refractivity contribution is -0.135. The molecule has 21 heavy (non-hydrogen) atoms. The predicted octanol–water partition coefficient (Wildman–Crippen LogP) is -0.371. The van der Waals surface area contributed by atoms with Gasteiger partial charge in [-0.25, -0.2) is 9.97 Å². The molecule has 0 saturated carbocycles. The molecule has 1 aliphatic heterocycles. The van der Waals surface area contributed by atoms with E-state index < -0.39 is 0 Å². The summed E-state index contributed by atoms with van der Waals surface area (Å²) in [5.74, 6) is 0.514. The second kappa shape index (κ2) is 6.17. The summed E-state index contributed by atoms with van der Waals surface area (Å²) in [5, 5.41) is 0. The number of amides is 2. The van der Waals surface area contributed by atoms with Gasteiger partial charge < -0.3 is 9.80 Å². The average molecular weight is 291 g/mol. The molecule has 0 aromatic carbocycles. The van der Waals surface area contributed by atoms with E-state index in [1.807, 2.05) is 11.9 Å². The maximum Gasteiger partial charge on any atom is 0.257 e. The molecule has 2 rings (SSSR count). The molecule has 0 bridgehead atoms. The summed E-state index contributed by atoms with van der Waals surface area (Å²) in [6.07, 6.45) is 3.07. The number of carbonyl (C=O) groups is 2. The van der Waals surface area contributed by atoms with Crippen molar-refractivity contribution in [3.8, 4) is 0 Å². The molecule has 1 fully saturated rings. The molecule has 2 heterocycles. The molecule has 1 aromatic rings. The van der Waals surface area contributed by atoms with Crippen molar-refractivity contribution in [1.29, 1.82) is 0 Å². The zero-order valence-electron chi connectivity index (χ0n) is 12.9. The van der Waals surface area contributed by atoms with E-state index in [9.17, 15) is 9.59 Å². The molecule has 0 unspecified atom stereocenters. The number of rotatable bonds is 2. The van der Waals surface area contributed by atoms with Gasteiger partial charge in [0.15, 0.2) is 0 Å². The highest BCUT2D eigenvalue weighted by molar-refractivity contribution is 5.94. The van der Waals surface area contributed by atoms with Gasteiger partial charge in [0.25, 0.3) is 5.91 Å². The summed E-state index contributed by atoms with van der Waals surface area (Å²) in [4.78, 5) is 38.0. The monoisotopic (exact) mass is 291 g/mol. The molecule has 1 aliphatic rings. The number of hydrogen-bond donors (Lipinski definition) is 0. The number of nitrogens with zero attached hydrogens (tertiary/aromatic N) is 5. The maximum atomic E-state index is 12.5. The van der Waals surface area contributed by atoms with E-state index >= 15 is 0 Å². The first-order chi connectivity index (χ1) is 9.90. The summed E-state index contributed by atoms with van der Waals surface area (Å²) in [6.45, 7) is 3.43. The summed E-state index contributed by atoms with van der Waals surface area (Å²) >= 11 is 0. The first-order valence-electron chi connectivity index (χ1n) is 6.89. The Kier molecular flexibility index (Phi) is 4.52. The quantitative estimate of drug-likeness (QED) is 0.743. The first kappa shape index (κ1) is 15.4. The summed E-state index contributed by atoms with van der Waals surface area (Å²) in [5.41, 5.74) is 0.459. The minimum absolute atomic E-state index is 0.00940. The van der Waals surface area contributed by atoms with Gasteiger partial charge in [0.1, 0.15) is 11.9 Å². The standard InChI is InChI=1S/C14H21N5O2/c1-10-15-7-11(8-16-10)13(20)19-6-5-18(4)12(9-19)14(21)17(2)3/h7-8,12H,5-6,9H2,1-4H3/t12-/m0/s1. The van der Waals surface area contributed by atoms with Crippen molar-refractivity contribution in [1.82, 2.24) is 24.7 Å². The van der Waals surface area contributed by atoms with Crippen LogP contribution in [0.3, 0.4) is 0 Å². The van der Waals surface area contributed by atoms with Gasteiger partial charge in [-0.3, -0.25) is 14.5 Å². The minimum atomic E-state index is -0.302. The van der Waals surface area contributed by atoms with Crippen molar-refractivity contribution in [2.24, 2.45) is 0 Å². The Balaban J connectivity index is 2.12. The number of likely N-dealkylation sites (N-methyl/N-ethyl adjacent to an activating group) is 2. The lowest BCUT2D eigenvalue weighted by atomic mass is 10.1. The third kappa shape index (κ3) is 3.36. The Morgan fingerprint density at radius 2 is 1.86 bits per heavy atom. The van der Waals surface area contributed by atoms with Crippen LogP contribution in [-0.4, -0.2) is 83.3 Å². The number of hydrogen-bond acceptors (Lipinski definition) is 5. The van der Waals surface area contributed by atoms with E-state index in [1.165, 1.54) is 12.4 Å². The highest BCUT2D eigenvalue weighted by Crippen LogP contribution is 2.13. The van der Waals surface area contributed by atoms with E-state index in [4.69, 9.17) is 0 Å². The van der Waals surface area contributed by atoms with Crippen LogP contribution >= 0.6 is 0 Å². The van der Waals surface area contributed by atoms with Crippen LogP contribution < -0.4 is 0 Å². The molecule has 0 aliphatic carbocycles. The molecule has 7 heteroatoms. The SMILES string of the molecule is Cc1ncc(C(=O)N2CCN(C)[C@H](C(=O)N(C)C)C2)cn1. The molecule has 2 amide bonds. The number of aromatic nitrogens is 2. The van der Waals surface area contributed by atoms with Crippen LogP contribution in [0.2, 0.25) is 0 Å². The van der Waals surface area contributed by atoms with Gasteiger partial charge in [0.2, 0.25) is 5.91 Å². The lowest BCUT2D eigenvalue weighted by Gasteiger charge is -2.39.